The molecule has 2 aromatic carbocycles. The SMILES string of the molecule is Cc1c(=O)ccc2c1oc1c(-c3ccc(O)c(O)c3)c3c[nH]n(C(C)C)c3nc12. The summed E-state index contributed by atoms with van der Waals surface area (Å²) in [5, 5.41) is 24.6. The number of aromatic nitrogens is 3. The Bertz CT molecular complexity index is 1490. The highest BCUT2D eigenvalue weighted by Gasteiger charge is 2.22. The van der Waals surface area contributed by atoms with Gasteiger partial charge in [0.15, 0.2) is 28.2 Å². The average Bonchev–Trinajstić information content (AvgIpc) is 3.27. The minimum absolute atomic E-state index is 0.0926. The van der Waals surface area contributed by atoms with Crippen LogP contribution >= 0.6 is 0 Å². The van der Waals surface area contributed by atoms with Crippen molar-refractivity contribution in [2.24, 2.45) is 0 Å². The number of aromatic hydroxyl groups is 2. The number of furan rings is 1. The molecular weight excluding hydrogens is 370 g/mol. The molecule has 3 aromatic heterocycles. The molecule has 0 atom stereocenters. The standard InChI is InChI=1S/C22H19N3O4/c1-10(2)25-22-14(9-23-25)18(12-4-6-16(27)17(28)8-12)21-19(24-22)13-5-7-15(26)11(3)20(13)29-21/h4-10,23,27-28H,1-3H3. The number of aryl methyl sites for hydroxylation is 1. The number of nitrogens with one attached hydrogen (secondary N) is 1. The third kappa shape index (κ3) is 2.37. The van der Waals surface area contributed by atoms with Crippen LogP contribution in [0.15, 0.2) is 45.7 Å². The smallest absolute Gasteiger partial charge is 0.185 e. The van der Waals surface area contributed by atoms with Crippen molar-refractivity contribution in [2.75, 3.05) is 0 Å². The van der Waals surface area contributed by atoms with Crippen LogP contribution in [0, 0.1) is 6.92 Å². The second kappa shape index (κ2) is 5.88. The highest BCUT2D eigenvalue weighted by molar-refractivity contribution is 6.14. The maximum Gasteiger partial charge on any atom is 0.185 e. The summed E-state index contributed by atoms with van der Waals surface area (Å²) < 4.78 is 8.12. The first-order chi connectivity index (χ1) is 13.9. The van der Waals surface area contributed by atoms with Crippen LogP contribution in [0.2, 0.25) is 0 Å². The molecule has 5 rings (SSSR count). The van der Waals surface area contributed by atoms with Crippen LogP contribution in [0.4, 0.5) is 0 Å². The maximum absolute atomic E-state index is 12.1. The van der Waals surface area contributed by atoms with E-state index in [0.29, 0.717) is 27.8 Å². The Morgan fingerprint density at radius 3 is 2.59 bits per heavy atom. The Morgan fingerprint density at radius 1 is 1.07 bits per heavy atom. The Balaban J connectivity index is 2.02. The molecule has 3 heterocycles. The van der Waals surface area contributed by atoms with Crippen molar-refractivity contribution in [2.45, 2.75) is 26.8 Å². The van der Waals surface area contributed by atoms with Crippen LogP contribution in [0.5, 0.6) is 11.5 Å². The predicted octanol–water partition coefficient (Wildman–Crippen LogP) is 4.59. The van der Waals surface area contributed by atoms with Gasteiger partial charge < -0.3 is 19.7 Å². The van der Waals surface area contributed by atoms with E-state index in [1.165, 1.54) is 18.2 Å². The van der Waals surface area contributed by atoms with Crippen molar-refractivity contribution in [3.05, 3.63) is 52.3 Å². The Kier molecular flexibility index (Phi) is 3.52. The van der Waals surface area contributed by atoms with E-state index in [0.717, 1.165) is 22.0 Å². The summed E-state index contributed by atoms with van der Waals surface area (Å²) in [6.07, 6.45) is 1.85. The van der Waals surface area contributed by atoms with Gasteiger partial charge >= 0.3 is 0 Å². The minimum atomic E-state index is -0.220. The molecule has 0 amide bonds. The van der Waals surface area contributed by atoms with Gasteiger partial charge in [-0.25, -0.2) is 4.98 Å². The van der Waals surface area contributed by atoms with Gasteiger partial charge in [-0.2, -0.15) is 0 Å². The van der Waals surface area contributed by atoms with Gasteiger partial charge in [0.1, 0.15) is 11.1 Å². The third-order valence-corrected chi connectivity index (χ3v) is 5.34. The zero-order valence-corrected chi connectivity index (χ0v) is 16.1. The number of aromatic amines is 1. The van der Waals surface area contributed by atoms with E-state index in [1.54, 1.807) is 19.1 Å². The van der Waals surface area contributed by atoms with Gasteiger partial charge in [-0.05, 0) is 50.6 Å². The van der Waals surface area contributed by atoms with Crippen LogP contribution in [0.25, 0.3) is 44.2 Å². The fraction of sp³-hybridized carbons (Fsp3) is 0.182. The van der Waals surface area contributed by atoms with Crippen LogP contribution < -0.4 is 5.43 Å². The largest absolute Gasteiger partial charge is 0.504 e. The lowest BCUT2D eigenvalue weighted by molar-refractivity contribution is 0.404. The fourth-order valence-electron chi connectivity index (χ4n) is 3.82. The van der Waals surface area contributed by atoms with E-state index in [2.05, 4.69) is 18.9 Å². The minimum Gasteiger partial charge on any atom is -0.504 e. The summed E-state index contributed by atoms with van der Waals surface area (Å²) in [6, 6.07) is 8.06. The van der Waals surface area contributed by atoms with E-state index < -0.39 is 0 Å². The maximum atomic E-state index is 12.1. The van der Waals surface area contributed by atoms with Crippen LogP contribution in [0.3, 0.4) is 0 Å². The number of pyridine rings is 1. The molecule has 0 spiro atoms. The van der Waals surface area contributed by atoms with Gasteiger partial charge in [0.05, 0.1) is 0 Å². The van der Waals surface area contributed by atoms with Crippen molar-refractivity contribution in [3.63, 3.8) is 0 Å². The Morgan fingerprint density at radius 2 is 1.86 bits per heavy atom. The van der Waals surface area contributed by atoms with Crippen molar-refractivity contribution < 1.29 is 14.6 Å². The summed E-state index contributed by atoms with van der Waals surface area (Å²) in [7, 11) is 0. The van der Waals surface area contributed by atoms with E-state index in [9.17, 15) is 15.0 Å². The highest BCUT2D eigenvalue weighted by Crippen LogP contribution is 2.41. The number of H-pyrrole nitrogens is 1. The van der Waals surface area contributed by atoms with Crippen LogP contribution in [0.1, 0.15) is 25.5 Å². The summed E-state index contributed by atoms with van der Waals surface area (Å²) >= 11 is 0. The zero-order valence-electron chi connectivity index (χ0n) is 16.1. The molecule has 0 saturated carbocycles. The van der Waals surface area contributed by atoms with Crippen molar-refractivity contribution in [1.29, 1.82) is 0 Å². The third-order valence-electron chi connectivity index (χ3n) is 5.34. The Labute approximate surface area is 164 Å². The van der Waals surface area contributed by atoms with E-state index in [4.69, 9.17) is 9.40 Å². The first-order valence-electron chi connectivity index (χ1n) is 9.34. The number of fused-ring (bicyclic) bond motifs is 4. The van der Waals surface area contributed by atoms with Gasteiger partial charge in [0.2, 0.25) is 0 Å². The number of benzene rings is 2. The molecular formula is C22H19N3O4. The lowest BCUT2D eigenvalue weighted by atomic mass is 10.0. The molecule has 5 aromatic rings. The van der Waals surface area contributed by atoms with E-state index >= 15 is 0 Å². The van der Waals surface area contributed by atoms with Gasteiger partial charge in [0.25, 0.3) is 0 Å². The quantitative estimate of drug-likeness (QED) is 0.383. The zero-order chi connectivity index (χ0) is 20.4. The molecule has 0 aliphatic carbocycles. The molecule has 0 radical (unpaired) electrons. The summed E-state index contributed by atoms with van der Waals surface area (Å²) in [6.45, 7) is 5.84. The number of rotatable bonds is 2. The topological polar surface area (TPSA) is 104 Å². The number of hydrogen-bond donors (Lipinski definition) is 3. The molecule has 3 N–H and O–H groups in total. The van der Waals surface area contributed by atoms with Gasteiger partial charge in [-0.15, -0.1) is 0 Å². The predicted molar refractivity (Wildman–Crippen MR) is 112 cm³/mol. The van der Waals surface area contributed by atoms with Crippen LogP contribution in [-0.2, 0) is 0 Å². The molecule has 0 aliphatic heterocycles. The molecule has 146 valence electrons. The fourth-order valence-corrected chi connectivity index (χ4v) is 3.82. The second-order valence-corrected chi connectivity index (χ2v) is 7.51. The Hall–Kier alpha value is -3.74. The molecule has 29 heavy (non-hydrogen) atoms. The summed E-state index contributed by atoms with van der Waals surface area (Å²) in [5.74, 6) is -0.417. The molecule has 7 nitrogen and oxygen atoms in total. The first-order valence-corrected chi connectivity index (χ1v) is 9.34. The lowest BCUT2D eigenvalue weighted by Crippen LogP contribution is -2.03. The molecule has 7 heteroatoms. The van der Waals surface area contributed by atoms with Crippen molar-refractivity contribution in [3.8, 4) is 22.6 Å². The molecule has 0 bridgehead atoms. The molecule has 0 unspecified atom stereocenters. The monoisotopic (exact) mass is 389 g/mol. The van der Waals surface area contributed by atoms with Gasteiger partial charge in [0, 0.05) is 34.1 Å². The number of hydrogen-bond acceptors (Lipinski definition) is 5. The van der Waals surface area contributed by atoms with Crippen LogP contribution in [-0.4, -0.2) is 25.0 Å². The highest BCUT2D eigenvalue weighted by atomic mass is 16.3. The lowest BCUT2D eigenvalue weighted by Gasteiger charge is -2.10. The summed E-state index contributed by atoms with van der Waals surface area (Å²) in [4.78, 5) is 17.0. The van der Waals surface area contributed by atoms with Gasteiger partial charge in [-0.3, -0.25) is 9.48 Å². The molecule has 0 saturated heterocycles. The molecule has 0 aliphatic rings. The first kappa shape index (κ1) is 17.4. The normalized spacial score (nSPS) is 12.0. The average molecular weight is 389 g/mol. The van der Waals surface area contributed by atoms with Crippen molar-refractivity contribution >= 4 is 33.1 Å². The van der Waals surface area contributed by atoms with Crippen molar-refractivity contribution in [1.82, 2.24) is 14.8 Å². The molecule has 0 fully saturated rings. The summed E-state index contributed by atoms with van der Waals surface area (Å²) in [5.41, 5.74) is 4.27. The number of phenolic OH excluding ortho intramolecular Hbond substituents is 2. The van der Waals surface area contributed by atoms with Gasteiger partial charge in [-0.1, -0.05) is 6.07 Å². The second-order valence-electron chi connectivity index (χ2n) is 7.51. The van der Waals surface area contributed by atoms with E-state index in [1.807, 2.05) is 10.9 Å². The van der Waals surface area contributed by atoms with E-state index in [-0.39, 0.29) is 23.0 Å². The number of phenols is 2. The number of nitrogens with zero attached hydrogens (tertiary/aromatic N) is 2.